The van der Waals surface area contributed by atoms with Gasteiger partial charge in [-0.3, -0.25) is 4.79 Å². The quantitative estimate of drug-likeness (QED) is 0.791. The lowest BCUT2D eigenvalue weighted by Crippen LogP contribution is -2.05. The van der Waals surface area contributed by atoms with Crippen molar-refractivity contribution in [2.24, 2.45) is 7.05 Å². The molecule has 1 heterocycles. The molecule has 2 rings (SSSR count). The lowest BCUT2D eigenvalue weighted by molar-refractivity contribution is -0.140. The van der Waals surface area contributed by atoms with Gasteiger partial charge in [0.05, 0.1) is 37.2 Å². The van der Waals surface area contributed by atoms with Crippen LogP contribution in [0.4, 0.5) is 0 Å². The van der Waals surface area contributed by atoms with Crippen molar-refractivity contribution in [3.63, 3.8) is 0 Å². The van der Waals surface area contributed by atoms with Gasteiger partial charge in [0.15, 0.2) is 0 Å². The number of nitrogens with zero attached hydrogens (tertiary/aromatic N) is 2. The molecule has 1 aromatic heterocycles. The Morgan fingerprint density at radius 1 is 1.25 bits per heavy atom. The van der Waals surface area contributed by atoms with Crippen molar-refractivity contribution in [2.75, 3.05) is 14.2 Å². The highest BCUT2D eigenvalue weighted by atomic mass is 16.5. The Morgan fingerprint density at radius 3 is 2.65 bits per heavy atom. The zero-order valence-corrected chi connectivity index (χ0v) is 11.7. The van der Waals surface area contributed by atoms with Gasteiger partial charge in [-0.25, -0.2) is 9.78 Å². The topological polar surface area (TPSA) is 70.4 Å². The first-order valence-electron chi connectivity index (χ1n) is 6.17. The average molecular weight is 276 g/mol. The number of ether oxygens (including phenoxy) is 2. The molecule has 0 fully saturated rings. The second kappa shape index (κ2) is 5.73. The summed E-state index contributed by atoms with van der Waals surface area (Å²) in [6.45, 7) is 0. The summed E-state index contributed by atoms with van der Waals surface area (Å²) in [5.74, 6) is 0.105. The SMILES string of the molecule is COC(=O)CCc1nc2cc(C(=O)OC)ccc2n1C. The van der Waals surface area contributed by atoms with Crippen LogP contribution in [0.3, 0.4) is 0 Å². The molecular formula is C14H16N2O4. The van der Waals surface area contributed by atoms with Crippen LogP contribution in [0.1, 0.15) is 22.6 Å². The molecule has 6 nitrogen and oxygen atoms in total. The molecule has 20 heavy (non-hydrogen) atoms. The molecule has 0 unspecified atom stereocenters. The molecular weight excluding hydrogens is 260 g/mol. The van der Waals surface area contributed by atoms with E-state index in [1.165, 1.54) is 14.2 Å². The fourth-order valence-electron chi connectivity index (χ4n) is 2.03. The van der Waals surface area contributed by atoms with Crippen LogP contribution in [-0.4, -0.2) is 35.7 Å². The van der Waals surface area contributed by atoms with Gasteiger partial charge in [0.2, 0.25) is 0 Å². The van der Waals surface area contributed by atoms with Gasteiger partial charge in [-0.15, -0.1) is 0 Å². The Labute approximate surface area is 116 Å². The number of carbonyl (C=O) groups excluding carboxylic acids is 2. The number of imidazole rings is 1. The molecule has 0 saturated heterocycles. The second-order valence-electron chi connectivity index (χ2n) is 4.36. The van der Waals surface area contributed by atoms with Crippen LogP contribution in [0.25, 0.3) is 11.0 Å². The third-order valence-corrected chi connectivity index (χ3v) is 3.17. The molecule has 0 atom stereocenters. The van der Waals surface area contributed by atoms with E-state index in [-0.39, 0.29) is 12.4 Å². The zero-order valence-electron chi connectivity index (χ0n) is 11.7. The van der Waals surface area contributed by atoms with E-state index in [0.717, 1.165) is 11.3 Å². The zero-order chi connectivity index (χ0) is 14.7. The van der Waals surface area contributed by atoms with Crippen molar-refractivity contribution < 1.29 is 19.1 Å². The molecule has 6 heteroatoms. The average Bonchev–Trinajstić information content (AvgIpc) is 2.79. The summed E-state index contributed by atoms with van der Waals surface area (Å²) in [6, 6.07) is 5.19. The van der Waals surface area contributed by atoms with E-state index in [1.807, 2.05) is 17.7 Å². The highest BCUT2D eigenvalue weighted by Gasteiger charge is 2.12. The van der Waals surface area contributed by atoms with Gasteiger partial charge >= 0.3 is 11.9 Å². The fraction of sp³-hybridized carbons (Fsp3) is 0.357. The minimum atomic E-state index is -0.395. The summed E-state index contributed by atoms with van der Waals surface area (Å²) in [4.78, 5) is 27.1. The number of carbonyl (C=O) groups is 2. The Bertz CT molecular complexity index is 660. The molecule has 0 radical (unpaired) electrons. The summed E-state index contributed by atoms with van der Waals surface area (Å²) in [7, 11) is 4.58. The minimum Gasteiger partial charge on any atom is -0.469 e. The van der Waals surface area contributed by atoms with Crippen LogP contribution in [0.2, 0.25) is 0 Å². The molecule has 0 aliphatic carbocycles. The maximum absolute atomic E-state index is 11.5. The van der Waals surface area contributed by atoms with Crippen molar-refractivity contribution >= 4 is 23.0 Å². The molecule has 0 saturated carbocycles. The highest BCUT2D eigenvalue weighted by Crippen LogP contribution is 2.18. The number of hydrogen-bond donors (Lipinski definition) is 0. The van der Waals surface area contributed by atoms with Crippen molar-refractivity contribution in [1.82, 2.24) is 9.55 Å². The van der Waals surface area contributed by atoms with Crippen LogP contribution < -0.4 is 0 Å². The first-order valence-corrected chi connectivity index (χ1v) is 6.17. The number of hydrogen-bond acceptors (Lipinski definition) is 5. The smallest absolute Gasteiger partial charge is 0.337 e. The molecule has 0 aliphatic heterocycles. The number of benzene rings is 1. The summed E-state index contributed by atoms with van der Waals surface area (Å²) in [6.07, 6.45) is 0.767. The Hall–Kier alpha value is -2.37. The molecule has 0 aliphatic rings. The summed E-state index contributed by atoms with van der Waals surface area (Å²) in [5.41, 5.74) is 2.06. The summed E-state index contributed by atoms with van der Waals surface area (Å²) < 4.78 is 11.2. The lowest BCUT2D eigenvalue weighted by atomic mass is 10.2. The number of rotatable bonds is 4. The van der Waals surface area contributed by atoms with E-state index in [0.29, 0.717) is 17.5 Å². The van der Waals surface area contributed by atoms with Gasteiger partial charge in [0.1, 0.15) is 5.82 Å². The Kier molecular flexibility index (Phi) is 4.02. The van der Waals surface area contributed by atoms with Crippen molar-refractivity contribution in [2.45, 2.75) is 12.8 Å². The maximum Gasteiger partial charge on any atom is 0.337 e. The van der Waals surface area contributed by atoms with Crippen LogP contribution in [0, 0.1) is 0 Å². The largest absolute Gasteiger partial charge is 0.469 e. The van der Waals surface area contributed by atoms with Gasteiger partial charge < -0.3 is 14.0 Å². The van der Waals surface area contributed by atoms with Crippen molar-refractivity contribution in [1.29, 1.82) is 0 Å². The number of fused-ring (bicyclic) bond motifs is 1. The number of aryl methyl sites for hydroxylation is 2. The Morgan fingerprint density at radius 2 is 2.00 bits per heavy atom. The standard InChI is InChI=1S/C14H16N2O4/c1-16-11-5-4-9(14(18)20-3)8-10(11)15-12(16)6-7-13(17)19-2/h4-5,8H,6-7H2,1-3H3. The van der Waals surface area contributed by atoms with Gasteiger partial charge in [0.25, 0.3) is 0 Å². The first-order chi connectivity index (χ1) is 9.56. The molecule has 0 bridgehead atoms. The second-order valence-corrected chi connectivity index (χ2v) is 4.36. The van der Waals surface area contributed by atoms with Gasteiger partial charge in [-0.1, -0.05) is 0 Å². The molecule has 2 aromatic rings. The molecule has 106 valence electrons. The van der Waals surface area contributed by atoms with Crippen molar-refractivity contribution in [3.8, 4) is 0 Å². The third-order valence-electron chi connectivity index (χ3n) is 3.17. The fourth-order valence-corrected chi connectivity index (χ4v) is 2.03. The van der Waals surface area contributed by atoms with E-state index in [4.69, 9.17) is 0 Å². The molecule has 0 N–H and O–H groups in total. The maximum atomic E-state index is 11.5. The van der Waals surface area contributed by atoms with Crippen LogP contribution in [0.5, 0.6) is 0 Å². The molecule has 1 aromatic carbocycles. The van der Waals surface area contributed by atoms with Crippen LogP contribution in [0.15, 0.2) is 18.2 Å². The van der Waals surface area contributed by atoms with Crippen molar-refractivity contribution in [3.05, 3.63) is 29.6 Å². The van der Waals surface area contributed by atoms with E-state index >= 15 is 0 Å². The summed E-state index contributed by atoms with van der Waals surface area (Å²) >= 11 is 0. The van der Waals surface area contributed by atoms with Gasteiger partial charge in [-0.05, 0) is 18.2 Å². The Balaban J connectivity index is 2.32. The number of esters is 2. The first kappa shape index (κ1) is 14.0. The normalized spacial score (nSPS) is 10.6. The summed E-state index contributed by atoms with van der Waals surface area (Å²) in [5, 5.41) is 0. The lowest BCUT2D eigenvalue weighted by Gasteiger charge is -2.02. The predicted octanol–water partition coefficient (Wildman–Crippen LogP) is 1.47. The number of methoxy groups -OCH3 is 2. The molecule has 0 amide bonds. The van der Waals surface area contributed by atoms with Gasteiger partial charge in [0, 0.05) is 13.5 Å². The monoisotopic (exact) mass is 276 g/mol. The minimum absolute atomic E-state index is 0.271. The van der Waals surface area contributed by atoms with E-state index in [1.54, 1.807) is 12.1 Å². The van der Waals surface area contributed by atoms with Crippen LogP contribution in [-0.2, 0) is 27.7 Å². The number of aromatic nitrogens is 2. The predicted molar refractivity (Wildman–Crippen MR) is 72.4 cm³/mol. The van der Waals surface area contributed by atoms with Gasteiger partial charge in [-0.2, -0.15) is 0 Å². The van der Waals surface area contributed by atoms with Crippen LogP contribution >= 0.6 is 0 Å². The third kappa shape index (κ3) is 2.64. The molecule has 0 spiro atoms. The highest BCUT2D eigenvalue weighted by molar-refractivity contribution is 5.93. The van der Waals surface area contributed by atoms with E-state index in [9.17, 15) is 9.59 Å². The van der Waals surface area contributed by atoms with E-state index in [2.05, 4.69) is 14.5 Å². The van der Waals surface area contributed by atoms with E-state index < -0.39 is 5.97 Å².